The van der Waals surface area contributed by atoms with Crippen molar-refractivity contribution in [1.29, 1.82) is 0 Å². The number of esters is 1. The fourth-order valence-corrected chi connectivity index (χ4v) is 3.68. The minimum atomic E-state index is -0.466. The first-order valence-corrected chi connectivity index (χ1v) is 9.45. The molecule has 6 nitrogen and oxygen atoms in total. The maximum atomic E-state index is 12.5. The van der Waals surface area contributed by atoms with E-state index in [1.54, 1.807) is 4.90 Å². The minimum absolute atomic E-state index is 0.154. The van der Waals surface area contributed by atoms with E-state index >= 15 is 0 Å². The van der Waals surface area contributed by atoms with Gasteiger partial charge in [0, 0.05) is 48.5 Å². The van der Waals surface area contributed by atoms with Gasteiger partial charge in [0.2, 0.25) is 0 Å². The highest BCUT2D eigenvalue weighted by Crippen LogP contribution is 2.22. The van der Waals surface area contributed by atoms with Gasteiger partial charge in [0.1, 0.15) is 0 Å². The Morgan fingerprint density at radius 1 is 0.964 bits per heavy atom. The van der Waals surface area contributed by atoms with Crippen LogP contribution in [0.2, 0.25) is 0 Å². The van der Waals surface area contributed by atoms with Crippen LogP contribution < -0.4 is 4.90 Å². The lowest BCUT2D eigenvalue weighted by molar-refractivity contribution is -0.134. The molecule has 2 aromatic carbocycles. The van der Waals surface area contributed by atoms with Crippen molar-refractivity contribution in [2.45, 2.75) is 6.92 Å². The second kappa shape index (κ2) is 7.76. The molecule has 1 aliphatic heterocycles. The highest BCUT2D eigenvalue weighted by atomic mass is 16.5. The van der Waals surface area contributed by atoms with Crippen molar-refractivity contribution >= 4 is 28.5 Å². The van der Waals surface area contributed by atoms with Crippen LogP contribution in [0, 0.1) is 6.92 Å². The number of aromatic nitrogens is 1. The van der Waals surface area contributed by atoms with E-state index in [0.29, 0.717) is 18.7 Å². The molecule has 4 rings (SSSR count). The first kappa shape index (κ1) is 18.1. The smallest absolute Gasteiger partial charge is 0.341 e. The number of H-pyrrole nitrogens is 1. The summed E-state index contributed by atoms with van der Waals surface area (Å²) < 4.78 is 5.34. The number of anilines is 1. The number of fused-ring (bicyclic) bond motifs is 1. The molecule has 1 fully saturated rings. The van der Waals surface area contributed by atoms with E-state index in [0.717, 1.165) is 35.4 Å². The monoisotopic (exact) mass is 377 g/mol. The number of hydrogen-bond donors (Lipinski definition) is 1. The molecule has 0 bridgehead atoms. The van der Waals surface area contributed by atoms with Gasteiger partial charge in [-0.15, -0.1) is 0 Å². The number of carbonyl (C=O) groups is 2. The molecule has 1 amide bonds. The normalized spacial score (nSPS) is 14.3. The van der Waals surface area contributed by atoms with Gasteiger partial charge < -0.3 is 19.5 Å². The number of rotatable bonds is 4. The quantitative estimate of drug-likeness (QED) is 0.710. The van der Waals surface area contributed by atoms with E-state index in [1.165, 1.54) is 0 Å². The molecule has 6 heteroatoms. The predicted octanol–water partition coefficient (Wildman–Crippen LogP) is 2.98. The number of piperazine rings is 1. The van der Waals surface area contributed by atoms with Gasteiger partial charge in [-0.3, -0.25) is 4.79 Å². The van der Waals surface area contributed by atoms with Crippen LogP contribution in [0.15, 0.2) is 54.6 Å². The van der Waals surface area contributed by atoms with E-state index in [-0.39, 0.29) is 12.5 Å². The minimum Gasteiger partial charge on any atom is -0.452 e. The number of nitrogens with zero attached hydrogens (tertiary/aromatic N) is 2. The average Bonchev–Trinajstić information content (AvgIpc) is 3.08. The molecule has 0 saturated carbocycles. The fraction of sp³-hybridized carbons (Fsp3) is 0.273. The van der Waals surface area contributed by atoms with Gasteiger partial charge in [0.15, 0.2) is 6.61 Å². The summed E-state index contributed by atoms with van der Waals surface area (Å²) in [6, 6.07) is 17.7. The van der Waals surface area contributed by atoms with Gasteiger partial charge in [0.25, 0.3) is 5.91 Å². The lowest BCUT2D eigenvalue weighted by atomic mass is 10.1. The van der Waals surface area contributed by atoms with E-state index in [2.05, 4.69) is 22.0 Å². The van der Waals surface area contributed by atoms with E-state index < -0.39 is 5.97 Å². The summed E-state index contributed by atoms with van der Waals surface area (Å²) in [5.41, 5.74) is 3.29. The number of aromatic amines is 1. The first-order chi connectivity index (χ1) is 13.6. The lowest BCUT2D eigenvalue weighted by Gasteiger charge is -2.36. The number of amides is 1. The SMILES string of the molecule is Cc1[nH]c2ccccc2c1C(=O)OCC(=O)N1CCN(c2ccccc2)CC1. The van der Waals surface area contributed by atoms with Crippen LogP contribution in [0.1, 0.15) is 16.1 Å². The molecule has 1 saturated heterocycles. The number of benzene rings is 2. The summed E-state index contributed by atoms with van der Waals surface area (Å²) in [5, 5.41) is 0.814. The number of aryl methyl sites for hydroxylation is 1. The van der Waals surface area contributed by atoms with Crippen molar-refractivity contribution in [2.24, 2.45) is 0 Å². The Labute approximate surface area is 163 Å². The molecule has 1 N–H and O–H groups in total. The van der Waals surface area contributed by atoms with Crippen molar-refractivity contribution in [3.05, 3.63) is 65.9 Å². The first-order valence-electron chi connectivity index (χ1n) is 9.45. The maximum absolute atomic E-state index is 12.5. The second-order valence-electron chi connectivity index (χ2n) is 6.95. The van der Waals surface area contributed by atoms with Crippen LogP contribution in [0.4, 0.5) is 5.69 Å². The molecule has 144 valence electrons. The van der Waals surface area contributed by atoms with E-state index in [9.17, 15) is 9.59 Å². The zero-order valence-corrected chi connectivity index (χ0v) is 15.9. The van der Waals surface area contributed by atoms with Gasteiger partial charge >= 0.3 is 5.97 Å². The summed E-state index contributed by atoms with van der Waals surface area (Å²) >= 11 is 0. The van der Waals surface area contributed by atoms with Crippen LogP contribution in [0.25, 0.3) is 10.9 Å². The Hall–Kier alpha value is -3.28. The van der Waals surface area contributed by atoms with Gasteiger partial charge in [-0.25, -0.2) is 4.79 Å². The third kappa shape index (κ3) is 3.58. The van der Waals surface area contributed by atoms with Crippen molar-refractivity contribution in [1.82, 2.24) is 9.88 Å². The summed E-state index contributed by atoms with van der Waals surface area (Å²) in [6.45, 7) is 4.38. The molecule has 0 radical (unpaired) electrons. The molecule has 2 heterocycles. The van der Waals surface area contributed by atoms with Crippen LogP contribution in [0.3, 0.4) is 0 Å². The predicted molar refractivity (Wildman–Crippen MR) is 109 cm³/mol. The Morgan fingerprint density at radius 2 is 1.64 bits per heavy atom. The van der Waals surface area contributed by atoms with Crippen LogP contribution in [-0.4, -0.2) is 54.5 Å². The van der Waals surface area contributed by atoms with Gasteiger partial charge in [-0.2, -0.15) is 0 Å². The third-order valence-corrected chi connectivity index (χ3v) is 5.18. The Kier molecular flexibility index (Phi) is 5.02. The topological polar surface area (TPSA) is 65.6 Å². The van der Waals surface area contributed by atoms with Crippen LogP contribution in [0.5, 0.6) is 0 Å². The molecule has 28 heavy (non-hydrogen) atoms. The number of ether oxygens (including phenoxy) is 1. The van der Waals surface area contributed by atoms with Gasteiger partial charge in [-0.05, 0) is 25.1 Å². The largest absolute Gasteiger partial charge is 0.452 e. The maximum Gasteiger partial charge on any atom is 0.341 e. The molecule has 0 atom stereocenters. The number of hydrogen-bond acceptors (Lipinski definition) is 4. The van der Waals surface area contributed by atoms with E-state index in [4.69, 9.17) is 4.74 Å². The molecular weight excluding hydrogens is 354 g/mol. The van der Waals surface area contributed by atoms with Crippen molar-refractivity contribution < 1.29 is 14.3 Å². The molecule has 0 spiro atoms. The van der Waals surface area contributed by atoms with Crippen molar-refractivity contribution in [2.75, 3.05) is 37.7 Å². The standard InChI is InChI=1S/C22H23N3O3/c1-16-21(18-9-5-6-10-19(18)23-16)22(27)28-15-20(26)25-13-11-24(12-14-25)17-7-3-2-4-8-17/h2-10,23H,11-15H2,1H3. The zero-order chi connectivity index (χ0) is 19.5. The summed E-state index contributed by atoms with van der Waals surface area (Å²) in [4.78, 5) is 32.2. The molecule has 1 aliphatic rings. The molecule has 1 aromatic heterocycles. The number of carbonyl (C=O) groups excluding carboxylic acids is 2. The highest BCUT2D eigenvalue weighted by Gasteiger charge is 2.23. The van der Waals surface area contributed by atoms with Gasteiger partial charge in [0.05, 0.1) is 5.56 Å². The van der Waals surface area contributed by atoms with Crippen LogP contribution >= 0.6 is 0 Å². The Morgan fingerprint density at radius 3 is 2.39 bits per heavy atom. The summed E-state index contributed by atoms with van der Waals surface area (Å²) in [6.07, 6.45) is 0. The zero-order valence-electron chi connectivity index (χ0n) is 15.9. The molecule has 3 aromatic rings. The summed E-state index contributed by atoms with van der Waals surface area (Å²) in [5.74, 6) is -0.621. The molecule has 0 aliphatic carbocycles. The highest BCUT2D eigenvalue weighted by molar-refractivity contribution is 6.06. The van der Waals surface area contributed by atoms with Crippen molar-refractivity contribution in [3.8, 4) is 0 Å². The number of nitrogens with one attached hydrogen (secondary N) is 1. The summed E-state index contributed by atoms with van der Waals surface area (Å²) in [7, 11) is 0. The molecule has 0 unspecified atom stereocenters. The third-order valence-electron chi connectivity index (χ3n) is 5.18. The lowest BCUT2D eigenvalue weighted by Crippen LogP contribution is -2.49. The number of para-hydroxylation sites is 2. The van der Waals surface area contributed by atoms with Crippen LogP contribution in [-0.2, 0) is 9.53 Å². The van der Waals surface area contributed by atoms with Gasteiger partial charge in [-0.1, -0.05) is 36.4 Å². The van der Waals surface area contributed by atoms with E-state index in [1.807, 2.05) is 49.4 Å². The fourth-order valence-electron chi connectivity index (χ4n) is 3.68. The second-order valence-corrected chi connectivity index (χ2v) is 6.95. The Balaban J connectivity index is 1.33. The average molecular weight is 377 g/mol. The Bertz CT molecular complexity index is 989. The molecular formula is C22H23N3O3. The van der Waals surface area contributed by atoms with Crippen molar-refractivity contribution in [3.63, 3.8) is 0 Å².